The molecule has 284 valence electrons. The largest absolute Gasteiger partial charge is 0.436 e. The highest BCUT2D eigenvalue weighted by Crippen LogP contribution is 2.63. The number of hydrogen-bond donors (Lipinski definition) is 0. The molecule has 0 atom stereocenters. The van der Waals surface area contributed by atoms with Crippen molar-refractivity contribution in [3.05, 3.63) is 210 Å². The van der Waals surface area contributed by atoms with Crippen LogP contribution in [-0.2, 0) is 5.41 Å². The van der Waals surface area contributed by atoms with Gasteiger partial charge >= 0.3 is 0 Å². The fourth-order valence-corrected chi connectivity index (χ4v) is 9.58. The summed E-state index contributed by atoms with van der Waals surface area (Å²) in [6.45, 7) is 0. The van der Waals surface area contributed by atoms with Crippen LogP contribution < -0.4 is 0 Å². The fourth-order valence-electron chi connectivity index (χ4n) is 9.58. The molecular formula is C54H31N5O2. The molecule has 7 heteroatoms. The van der Waals surface area contributed by atoms with Gasteiger partial charge in [-0.1, -0.05) is 140 Å². The average molecular weight is 782 g/mol. The molecule has 3 heterocycles. The van der Waals surface area contributed by atoms with Crippen LogP contribution in [0.15, 0.2) is 197 Å². The second kappa shape index (κ2) is 12.9. The third-order valence-corrected chi connectivity index (χ3v) is 12.2. The van der Waals surface area contributed by atoms with E-state index in [1.165, 1.54) is 44.5 Å². The zero-order valence-electron chi connectivity index (χ0n) is 32.5. The predicted molar refractivity (Wildman–Crippen MR) is 238 cm³/mol. The summed E-state index contributed by atoms with van der Waals surface area (Å²) in [5, 5.41) is 0. The number of rotatable bonds is 5. The van der Waals surface area contributed by atoms with Crippen molar-refractivity contribution in [1.29, 1.82) is 0 Å². The van der Waals surface area contributed by atoms with E-state index in [1.54, 1.807) is 0 Å². The van der Waals surface area contributed by atoms with E-state index in [9.17, 15) is 0 Å². The summed E-state index contributed by atoms with van der Waals surface area (Å²) in [6, 6.07) is 64.8. The lowest BCUT2D eigenvalue weighted by molar-refractivity contribution is 0.617. The third-order valence-electron chi connectivity index (χ3n) is 12.2. The van der Waals surface area contributed by atoms with E-state index >= 15 is 0 Å². The second-order valence-corrected chi connectivity index (χ2v) is 15.6. The smallest absolute Gasteiger partial charge is 0.227 e. The van der Waals surface area contributed by atoms with E-state index in [-0.39, 0.29) is 0 Å². The minimum atomic E-state index is -0.504. The van der Waals surface area contributed by atoms with Crippen LogP contribution in [0.4, 0.5) is 0 Å². The quantitative estimate of drug-likeness (QED) is 0.172. The van der Waals surface area contributed by atoms with Gasteiger partial charge in [-0.3, -0.25) is 0 Å². The average Bonchev–Trinajstić information content (AvgIpc) is 4.10. The molecule has 0 N–H and O–H groups in total. The van der Waals surface area contributed by atoms with Crippen LogP contribution in [0.3, 0.4) is 0 Å². The number of benzene rings is 8. The molecule has 0 amide bonds. The molecule has 13 rings (SSSR count). The molecule has 61 heavy (non-hydrogen) atoms. The standard InChI is InChI=1S/C54H31N5O2/c1-2-14-32(15-3-1)49-57-50(33-26-27-40-39-18-6-9-21-43(39)54(44(40)31-33)41-19-7-4-16-37(41)38-17-5-8-20-42(38)54)59-51(58-49)34-28-35(52-55-45-22-10-12-24-47(45)60-52)30-36(29-34)53-56-46-23-11-13-25-48(46)61-53/h1-31H. The number of oxazole rings is 2. The lowest BCUT2D eigenvalue weighted by Crippen LogP contribution is -2.25. The van der Waals surface area contributed by atoms with Gasteiger partial charge in [0.05, 0.1) is 5.41 Å². The molecule has 11 aromatic rings. The van der Waals surface area contributed by atoms with Gasteiger partial charge in [0.25, 0.3) is 0 Å². The summed E-state index contributed by atoms with van der Waals surface area (Å²) in [7, 11) is 0. The van der Waals surface area contributed by atoms with E-state index in [2.05, 4.69) is 91.0 Å². The summed E-state index contributed by atoms with van der Waals surface area (Å²) < 4.78 is 12.7. The lowest BCUT2D eigenvalue weighted by atomic mass is 9.70. The van der Waals surface area contributed by atoms with Gasteiger partial charge in [0.2, 0.25) is 11.8 Å². The predicted octanol–water partition coefficient (Wildman–Crippen LogP) is 12.8. The number of aromatic nitrogens is 5. The molecule has 0 unspecified atom stereocenters. The molecule has 0 aliphatic heterocycles. The maximum absolute atomic E-state index is 6.33. The van der Waals surface area contributed by atoms with Crippen LogP contribution in [-0.4, -0.2) is 24.9 Å². The van der Waals surface area contributed by atoms with Gasteiger partial charge in [-0.15, -0.1) is 0 Å². The van der Waals surface area contributed by atoms with Crippen LogP contribution in [0.25, 0.3) is 102 Å². The van der Waals surface area contributed by atoms with Crippen LogP contribution in [0.2, 0.25) is 0 Å². The lowest BCUT2D eigenvalue weighted by Gasteiger charge is -2.30. The highest BCUT2D eigenvalue weighted by Gasteiger charge is 2.51. The number of fused-ring (bicyclic) bond motifs is 12. The minimum Gasteiger partial charge on any atom is -0.436 e. The molecule has 3 aromatic heterocycles. The van der Waals surface area contributed by atoms with Crippen molar-refractivity contribution in [1.82, 2.24) is 24.9 Å². The van der Waals surface area contributed by atoms with Gasteiger partial charge < -0.3 is 8.83 Å². The molecular weight excluding hydrogens is 751 g/mol. The Morgan fingerprint density at radius 3 is 1.26 bits per heavy atom. The van der Waals surface area contributed by atoms with Crippen LogP contribution in [0, 0.1) is 0 Å². The van der Waals surface area contributed by atoms with E-state index in [0.29, 0.717) is 40.4 Å². The van der Waals surface area contributed by atoms with Crippen molar-refractivity contribution in [2.75, 3.05) is 0 Å². The molecule has 8 aromatic carbocycles. The van der Waals surface area contributed by atoms with Crippen LogP contribution >= 0.6 is 0 Å². The molecule has 1 spiro atoms. The Bertz CT molecular complexity index is 3350. The van der Waals surface area contributed by atoms with Gasteiger partial charge in [0.15, 0.2) is 28.6 Å². The summed E-state index contributed by atoms with van der Waals surface area (Å²) in [6.07, 6.45) is 0. The first kappa shape index (κ1) is 33.7. The topological polar surface area (TPSA) is 90.7 Å². The highest BCUT2D eigenvalue weighted by atomic mass is 16.4. The van der Waals surface area contributed by atoms with E-state index in [1.807, 2.05) is 97.1 Å². The number of para-hydroxylation sites is 4. The number of nitrogens with zero attached hydrogens (tertiary/aromatic N) is 5. The zero-order valence-corrected chi connectivity index (χ0v) is 32.5. The Morgan fingerprint density at radius 2 is 0.721 bits per heavy atom. The Morgan fingerprint density at radius 1 is 0.295 bits per heavy atom. The molecule has 7 nitrogen and oxygen atoms in total. The van der Waals surface area contributed by atoms with E-state index in [4.69, 9.17) is 33.8 Å². The van der Waals surface area contributed by atoms with E-state index in [0.717, 1.165) is 38.9 Å². The number of hydrogen-bond acceptors (Lipinski definition) is 7. The Balaban J connectivity index is 1.04. The van der Waals surface area contributed by atoms with Crippen molar-refractivity contribution in [2.45, 2.75) is 5.41 Å². The van der Waals surface area contributed by atoms with Crippen molar-refractivity contribution in [2.24, 2.45) is 0 Å². The van der Waals surface area contributed by atoms with Crippen LogP contribution in [0.1, 0.15) is 22.3 Å². The van der Waals surface area contributed by atoms with Gasteiger partial charge in [0.1, 0.15) is 11.0 Å². The molecule has 2 aliphatic carbocycles. The minimum absolute atomic E-state index is 0.471. The second-order valence-electron chi connectivity index (χ2n) is 15.6. The summed E-state index contributed by atoms with van der Waals surface area (Å²) in [5.74, 6) is 2.56. The Hall–Kier alpha value is -8.29. The molecule has 0 radical (unpaired) electrons. The Kier molecular flexibility index (Phi) is 7.09. The van der Waals surface area contributed by atoms with Crippen molar-refractivity contribution in [3.8, 4) is 79.3 Å². The zero-order chi connectivity index (χ0) is 40.1. The first-order chi connectivity index (χ1) is 30.2. The highest BCUT2D eigenvalue weighted by molar-refractivity contribution is 5.96. The third kappa shape index (κ3) is 5.01. The van der Waals surface area contributed by atoms with Gasteiger partial charge in [0, 0.05) is 27.8 Å². The maximum Gasteiger partial charge on any atom is 0.227 e. The summed E-state index contributed by atoms with van der Waals surface area (Å²) >= 11 is 0. The van der Waals surface area contributed by atoms with Crippen molar-refractivity contribution >= 4 is 22.2 Å². The first-order valence-electron chi connectivity index (χ1n) is 20.3. The first-order valence-corrected chi connectivity index (χ1v) is 20.3. The van der Waals surface area contributed by atoms with Gasteiger partial charge in [-0.05, 0) is 93.0 Å². The maximum atomic E-state index is 6.33. The van der Waals surface area contributed by atoms with E-state index < -0.39 is 5.41 Å². The monoisotopic (exact) mass is 781 g/mol. The van der Waals surface area contributed by atoms with Crippen LogP contribution in [0.5, 0.6) is 0 Å². The Labute approximate surface area is 349 Å². The SMILES string of the molecule is c1ccc(-c2nc(-c3cc(-c4nc5ccccc5o4)cc(-c4nc5ccccc5o4)c3)nc(-c3ccc4c(c3)C3(c5ccccc5-c5ccccc53)c3ccccc3-4)n2)cc1. The molecule has 2 aliphatic rings. The van der Waals surface area contributed by atoms with Crippen molar-refractivity contribution in [3.63, 3.8) is 0 Å². The molecule has 0 saturated carbocycles. The van der Waals surface area contributed by atoms with Gasteiger partial charge in [-0.25, -0.2) is 24.9 Å². The fraction of sp³-hybridized carbons (Fsp3) is 0.0185. The molecule has 0 saturated heterocycles. The normalized spacial score (nSPS) is 13.0. The molecule has 0 fully saturated rings. The molecule has 0 bridgehead atoms. The van der Waals surface area contributed by atoms with Gasteiger partial charge in [-0.2, -0.15) is 0 Å². The van der Waals surface area contributed by atoms with Crippen molar-refractivity contribution < 1.29 is 8.83 Å². The summed E-state index contributed by atoms with van der Waals surface area (Å²) in [4.78, 5) is 25.4. The summed E-state index contributed by atoms with van der Waals surface area (Å²) in [5.41, 5.74) is 16.4.